The van der Waals surface area contributed by atoms with Gasteiger partial charge in [-0.3, -0.25) is 0 Å². The van der Waals surface area contributed by atoms with Crippen LogP contribution >= 0.6 is 11.6 Å². The number of benzene rings is 1. The molecule has 3 rings (SSSR count). The number of halogens is 1. The van der Waals surface area contributed by atoms with Crippen LogP contribution < -0.4 is 4.74 Å². The van der Waals surface area contributed by atoms with Gasteiger partial charge in [-0.1, -0.05) is 50.0 Å². The molecule has 2 aromatic heterocycles. The van der Waals surface area contributed by atoms with E-state index in [0.717, 1.165) is 29.2 Å². The normalized spacial score (nSPS) is 11.8. The molecule has 0 fully saturated rings. The summed E-state index contributed by atoms with van der Waals surface area (Å²) in [7, 11) is -1.10. The summed E-state index contributed by atoms with van der Waals surface area (Å²) in [4.78, 5) is 8.56. The molecule has 0 aliphatic carbocycles. The summed E-state index contributed by atoms with van der Waals surface area (Å²) in [6, 6.07) is 13.0. The summed E-state index contributed by atoms with van der Waals surface area (Å²) in [6.07, 6.45) is 1.93. The fourth-order valence-electron chi connectivity index (χ4n) is 2.52. The van der Waals surface area contributed by atoms with Crippen molar-refractivity contribution in [1.82, 2.24) is 14.5 Å². The van der Waals surface area contributed by atoms with E-state index in [9.17, 15) is 0 Å². The van der Waals surface area contributed by atoms with E-state index in [2.05, 4.69) is 29.6 Å². The van der Waals surface area contributed by atoms with Crippen LogP contribution in [0.25, 0.3) is 11.0 Å². The maximum absolute atomic E-state index is 6.05. The van der Waals surface area contributed by atoms with Gasteiger partial charge in [-0.25, -0.2) is 4.98 Å². The van der Waals surface area contributed by atoms with Crippen LogP contribution in [0, 0.1) is 0 Å². The molecule has 0 radical (unpaired) electrons. The molecule has 2 heterocycles. The zero-order valence-electron chi connectivity index (χ0n) is 15.4. The number of rotatable bonds is 8. The first-order valence-corrected chi connectivity index (χ1v) is 12.8. The molecular formula is C19H24ClN3O2Si. The Bertz CT molecular complexity index is 862. The minimum absolute atomic E-state index is 0.179. The second-order valence-corrected chi connectivity index (χ2v) is 13.4. The summed E-state index contributed by atoms with van der Waals surface area (Å²) in [5.41, 5.74) is 2.63. The lowest BCUT2D eigenvalue weighted by molar-refractivity contribution is 0.0898. The highest BCUT2D eigenvalue weighted by Crippen LogP contribution is 2.26. The quantitative estimate of drug-likeness (QED) is 0.310. The van der Waals surface area contributed by atoms with E-state index in [0.29, 0.717) is 19.2 Å². The predicted molar refractivity (Wildman–Crippen MR) is 107 cm³/mol. The van der Waals surface area contributed by atoms with Crippen LogP contribution in [0.3, 0.4) is 0 Å². The van der Waals surface area contributed by atoms with Crippen molar-refractivity contribution in [2.45, 2.75) is 39.0 Å². The second kappa shape index (κ2) is 8.20. The van der Waals surface area contributed by atoms with E-state index in [4.69, 9.17) is 21.1 Å². The number of aromatic nitrogens is 3. The largest absolute Gasteiger partial charge is 0.471 e. The molecule has 0 aliphatic rings. The van der Waals surface area contributed by atoms with Crippen LogP contribution in [0.5, 0.6) is 5.88 Å². The molecule has 0 bridgehead atoms. The molecule has 0 amide bonds. The number of hydrogen-bond donors (Lipinski definition) is 0. The molecule has 7 heteroatoms. The van der Waals surface area contributed by atoms with Gasteiger partial charge in [-0.15, -0.1) is 0 Å². The van der Waals surface area contributed by atoms with Crippen molar-refractivity contribution in [3.8, 4) is 5.88 Å². The Hall–Kier alpha value is -1.89. The minimum Gasteiger partial charge on any atom is -0.471 e. The molecule has 0 N–H and O–H groups in total. The standard InChI is InChI=1S/C19H24ClN3O2Si/c1-26(2,3)12-11-24-14-23-10-9-16-17(23)18(22-19(20)21-16)25-13-15-7-5-4-6-8-15/h4-10H,11-14H2,1-3H3. The topological polar surface area (TPSA) is 49.2 Å². The third-order valence-electron chi connectivity index (χ3n) is 4.00. The van der Waals surface area contributed by atoms with Crippen LogP contribution in [0.15, 0.2) is 42.6 Å². The third kappa shape index (κ3) is 5.06. The van der Waals surface area contributed by atoms with Gasteiger partial charge in [0.2, 0.25) is 11.2 Å². The Labute approximate surface area is 159 Å². The monoisotopic (exact) mass is 389 g/mol. The molecule has 138 valence electrons. The molecule has 0 unspecified atom stereocenters. The first kappa shape index (κ1) is 18.9. The summed E-state index contributed by atoms with van der Waals surface area (Å²) in [5, 5.41) is 0.179. The van der Waals surface area contributed by atoms with Crippen molar-refractivity contribution >= 4 is 30.7 Å². The van der Waals surface area contributed by atoms with Gasteiger partial charge in [0, 0.05) is 20.9 Å². The number of fused-ring (bicyclic) bond motifs is 1. The average Bonchev–Trinajstić information content (AvgIpc) is 2.99. The molecule has 0 spiro atoms. The van der Waals surface area contributed by atoms with Crippen LogP contribution in [0.4, 0.5) is 0 Å². The van der Waals surface area contributed by atoms with Crippen molar-refractivity contribution in [3.63, 3.8) is 0 Å². The van der Waals surface area contributed by atoms with Gasteiger partial charge in [0.15, 0.2) is 0 Å². The first-order chi connectivity index (χ1) is 12.4. The lowest BCUT2D eigenvalue weighted by Gasteiger charge is -2.16. The van der Waals surface area contributed by atoms with Gasteiger partial charge in [0.25, 0.3) is 0 Å². The molecule has 1 aromatic carbocycles. The fourth-order valence-corrected chi connectivity index (χ4v) is 3.44. The van der Waals surface area contributed by atoms with Crippen molar-refractivity contribution in [2.24, 2.45) is 0 Å². The Balaban J connectivity index is 1.75. The van der Waals surface area contributed by atoms with Gasteiger partial charge in [-0.2, -0.15) is 4.98 Å². The summed E-state index contributed by atoms with van der Waals surface area (Å²) < 4.78 is 13.8. The zero-order valence-corrected chi connectivity index (χ0v) is 17.2. The number of hydrogen-bond acceptors (Lipinski definition) is 4. The lowest BCUT2D eigenvalue weighted by Crippen LogP contribution is -2.22. The molecule has 0 saturated heterocycles. The van der Waals surface area contributed by atoms with Gasteiger partial charge >= 0.3 is 0 Å². The van der Waals surface area contributed by atoms with E-state index >= 15 is 0 Å². The van der Waals surface area contributed by atoms with Crippen molar-refractivity contribution in [1.29, 1.82) is 0 Å². The summed E-state index contributed by atoms with van der Waals surface area (Å²) in [5.74, 6) is 0.475. The number of nitrogens with zero attached hydrogens (tertiary/aromatic N) is 3. The van der Waals surface area contributed by atoms with Gasteiger partial charge < -0.3 is 14.0 Å². The molecule has 0 aliphatic heterocycles. The Morgan fingerprint density at radius 2 is 1.85 bits per heavy atom. The molecule has 5 nitrogen and oxygen atoms in total. The van der Waals surface area contributed by atoms with Crippen LogP contribution in [-0.4, -0.2) is 29.2 Å². The van der Waals surface area contributed by atoms with Crippen LogP contribution in [0.2, 0.25) is 31.0 Å². The highest BCUT2D eigenvalue weighted by Gasteiger charge is 2.15. The van der Waals surface area contributed by atoms with Crippen LogP contribution in [-0.2, 0) is 18.1 Å². The maximum Gasteiger partial charge on any atom is 0.243 e. The Morgan fingerprint density at radius 1 is 1.08 bits per heavy atom. The fraction of sp³-hybridized carbons (Fsp3) is 0.368. The molecule has 0 saturated carbocycles. The number of ether oxygens (including phenoxy) is 2. The van der Waals surface area contributed by atoms with Crippen molar-refractivity contribution in [3.05, 3.63) is 53.4 Å². The molecule has 0 atom stereocenters. The lowest BCUT2D eigenvalue weighted by atomic mass is 10.2. The zero-order chi connectivity index (χ0) is 18.6. The predicted octanol–water partition coefficient (Wildman–Crippen LogP) is 4.98. The van der Waals surface area contributed by atoms with E-state index in [-0.39, 0.29) is 5.28 Å². The third-order valence-corrected chi connectivity index (χ3v) is 5.87. The Kier molecular flexibility index (Phi) is 5.96. The molecular weight excluding hydrogens is 366 g/mol. The van der Waals surface area contributed by atoms with Gasteiger partial charge in [0.05, 0.1) is 5.52 Å². The van der Waals surface area contributed by atoms with Gasteiger partial charge in [-0.05, 0) is 29.3 Å². The highest BCUT2D eigenvalue weighted by atomic mass is 35.5. The summed E-state index contributed by atoms with van der Waals surface area (Å²) in [6.45, 7) is 8.64. The average molecular weight is 390 g/mol. The molecule has 3 aromatic rings. The second-order valence-electron chi connectivity index (χ2n) is 7.44. The van der Waals surface area contributed by atoms with E-state index in [1.165, 1.54) is 0 Å². The van der Waals surface area contributed by atoms with E-state index in [1.807, 2.05) is 47.2 Å². The smallest absolute Gasteiger partial charge is 0.243 e. The van der Waals surface area contributed by atoms with Crippen molar-refractivity contribution in [2.75, 3.05) is 6.61 Å². The van der Waals surface area contributed by atoms with Gasteiger partial charge in [0.1, 0.15) is 18.9 Å². The van der Waals surface area contributed by atoms with E-state index in [1.54, 1.807) is 0 Å². The minimum atomic E-state index is -1.10. The van der Waals surface area contributed by atoms with Crippen molar-refractivity contribution < 1.29 is 9.47 Å². The van der Waals surface area contributed by atoms with E-state index < -0.39 is 8.07 Å². The Morgan fingerprint density at radius 3 is 2.58 bits per heavy atom. The first-order valence-electron chi connectivity index (χ1n) is 8.69. The highest BCUT2D eigenvalue weighted by molar-refractivity contribution is 6.76. The van der Waals surface area contributed by atoms with Crippen LogP contribution in [0.1, 0.15) is 5.56 Å². The molecule has 26 heavy (non-hydrogen) atoms. The SMILES string of the molecule is C[Si](C)(C)CCOCn1ccc2nc(Cl)nc(OCc3ccccc3)c21. The maximum atomic E-state index is 6.05. The summed E-state index contributed by atoms with van der Waals surface area (Å²) >= 11 is 6.05.